The molecular formula is C5H12MgO. The van der Waals surface area contributed by atoms with E-state index in [9.17, 15) is 0 Å². The van der Waals surface area contributed by atoms with E-state index in [-0.39, 0.29) is 29.7 Å². The van der Waals surface area contributed by atoms with Crippen molar-refractivity contribution in [1.29, 1.82) is 0 Å². The summed E-state index contributed by atoms with van der Waals surface area (Å²) < 4.78 is 0. The molecule has 0 unspecified atom stereocenters. The maximum absolute atomic E-state index is 8.93. The van der Waals surface area contributed by atoms with E-state index in [0.29, 0.717) is 0 Å². The summed E-state index contributed by atoms with van der Waals surface area (Å²) in [6.45, 7) is 7.07. The van der Waals surface area contributed by atoms with Crippen LogP contribution in [-0.4, -0.2) is 29.7 Å². The first kappa shape index (κ1) is 15.6. The Labute approximate surface area is 62.3 Å². The van der Waals surface area contributed by atoms with Gasteiger partial charge in [-0.05, 0) is 0 Å². The number of hydrogen-bond donors (Lipinski definition) is 0. The zero-order valence-electron chi connectivity index (χ0n) is 5.24. The predicted octanol–water partition coefficient (Wildman–Crippen LogP) is 0.216. The van der Waals surface area contributed by atoms with Gasteiger partial charge in [-0.2, -0.15) is 6.42 Å². The SMILES string of the molecule is CC[O-].[CH2-]CC.[Mg+2]. The molecule has 0 N–H and O–H groups in total. The van der Waals surface area contributed by atoms with Crippen LogP contribution >= 0.6 is 0 Å². The molecule has 0 aromatic heterocycles. The minimum absolute atomic E-state index is 0. The molecule has 0 saturated carbocycles. The minimum Gasteiger partial charge on any atom is -0.855 e. The maximum Gasteiger partial charge on any atom is 2.00 e. The normalized spacial score (nSPS) is 5.14. The molecule has 0 fully saturated rings. The van der Waals surface area contributed by atoms with E-state index in [1.807, 2.05) is 6.92 Å². The molecule has 2 heteroatoms. The fourth-order valence-electron chi connectivity index (χ4n) is 0. The molecule has 40 valence electrons. The van der Waals surface area contributed by atoms with E-state index in [1.165, 1.54) is 0 Å². The molecule has 0 bridgehead atoms. The molecule has 0 radical (unpaired) electrons. The van der Waals surface area contributed by atoms with Crippen molar-refractivity contribution >= 4 is 23.1 Å². The van der Waals surface area contributed by atoms with Gasteiger partial charge in [0.05, 0.1) is 0 Å². The summed E-state index contributed by atoms with van der Waals surface area (Å²) in [5.41, 5.74) is 0. The van der Waals surface area contributed by atoms with Gasteiger partial charge in [-0.1, -0.05) is 13.8 Å². The van der Waals surface area contributed by atoms with Crippen LogP contribution in [0, 0.1) is 6.92 Å². The second-order valence-electron chi connectivity index (χ2n) is 0.789. The smallest absolute Gasteiger partial charge is 0.855 e. The van der Waals surface area contributed by atoms with E-state index in [0.717, 1.165) is 6.42 Å². The Morgan fingerprint density at radius 3 is 1.43 bits per heavy atom. The molecule has 0 saturated heterocycles. The van der Waals surface area contributed by atoms with Gasteiger partial charge in [0, 0.05) is 0 Å². The van der Waals surface area contributed by atoms with Crippen LogP contribution in [0.1, 0.15) is 20.3 Å². The maximum atomic E-state index is 8.93. The molecule has 0 aliphatic carbocycles. The first-order valence-electron chi connectivity index (χ1n) is 2.20. The van der Waals surface area contributed by atoms with E-state index in [1.54, 1.807) is 6.92 Å². The van der Waals surface area contributed by atoms with Crippen LogP contribution in [0.5, 0.6) is 0 Å². The van der Waals surface area contributed by atoms with E-state index < -0.39 is 0 Å². The van der Waals surface area contributed by atoms with Crippen LogP contribution in [0.3, 0.4) is 0 Å². The summed E-state index contributed by atoms with van der Waals surface area (Å²) in [7, 11) is 0. The number of hydrogen-bond acceptors (Lipinski definition) is 1. The second kappa shape index (κ2) is 29.7. The summed E-state index contributed by atoms with van der Waals surface area (Å²) in [5.74, 6) is 0. The van der Waals surface area contributed by atoms with Crippen molar-refractivity contribution in [2.24, 2.45) is 0 Å². The Morgan fingerprint density at radius 1 is 1.43 bits per heavy atom. The summed E-state index contributed by atoms with van der Waals surface area (Å²) in [4.78, 5) is 0. The van der Waals surface area contributed by atoms with Crippen molar-refractivity contribution < 1.29 is 5.11 Å². The third-order valence-corrected chi connectivity index (χ3v) is 0. The Bertz CT molecular complexity index is 10.0. The van der Waals surface area contributed by atoms with E-state index >= 15 is 0 Å². The van der Waals surface area contributed by atoms with Crippen LogP contribution in [0.25, 0.3) is 0 Å². The average Bonchev–Trinajstić information content (AvgIpc) is 1.39. The molecule has 0 heterocycles. The van der Waals surface area contributed by atoms with Gasteiger partial charge >= 0.3 is 23.1 Å². The zero-order valence-corrected chi connectivity index (χ0v) is 6.65. The Hall–Kier alpha value is 0.726. The van der Waals surface area contributed by atoms with Gasteiger partial charge in [0.2, 0.25) is 0 Å². The van der Waals surface area contributed by atoms with Crippen molar-refractivity contribution in [2.45, 2.75) is 20.3 Å². The van der Waals surface area contributed by atoms with E-state index in [4.69, 9.17) is 5.11 Å². The zero-order chi connectivity index (χ0) is 5.41. The molecule has 0 aliphatic heterocycles. The van der Waals surface area contributed by atoms with Gasteiger partial charge in [-0.3, -0.25) is 0 Å². The molecule has 1 nitrogen and oxygen atoms in total. The largest absolute Gasteiger partial charge is 2.00 e. The van der Waals surface area contributed by atoms with Gasteiger partial charge in [0.1, 0.15) is 0 Å². The molecule has 0 rings (SSSR count). The summed E-state index contributed by atoms with van der Waals surface area (Å²) in [5, 5.41) is 8.93. The average molecular weight is 112 g/mol. The van der Waals surface area contributed by atoms with Gasteiger partial charge in [-0.15, -0.1) is 6.61 Å². The first-order chi connectivity index (χ1) is 2.83. The fourth-order valence-corrected chi connectivity index (χ4v) is 0. The standard InChI is InChI=1S/C3H7.C2H5O.Mg/c1-3-2;1-2-3;/h1,3H2,2H3;2H2,1H3;/q2*-1;+2. The molecule has 0 aromatic rings. The monoisotopic (exact) mass is 112 g/mol. The molecule has 0 aliphatic rings. The van der Waals surface area contributed by atoms with Crippen LogP contribution in [0.4, 0.5) is 0 Å². The Kier molecular flexibility index (Phi) is 66.3. The number of rotatable bonds is 0. The van der Waals surface area contributed by atoms with Gasteiger partial charge < -0.3 is 12.0 Å². The van der Waals surface area contributed by atoms with E-state index in [2.05, 4.69) is 6.92 Å². The first-order valence-corrected chi connectivity index (χ1v) is 2.20. The third kappa shape index (κ3) is 285. The minimum atomic E-state index is 0. The molecule has 0 aromatic carbocycles. The van der Waals surface area contributed by atoms with Crippen molar-refractivity contribution in [3.63, 3.8) is 0 Å². The summed E-state index contributed by atoms with van der Waals surface area (Å²) in [6, 6.07) is 0. The van der Waals surface area contributed by atoms with Crippen molar-refractivity contribution in [2.75, 3.05) is 6.61 Å². The van der Waals surface area contributed by atoms with Crippen LogP contribution in [0.15, 0.2) is 0 Å². The van der Waals surface area contributed by atoms with Crippen molar-refractivity contribution in [3.8, 4) is 0 Å². The van der Waals surface area contributed by atoms with Crippen molar-refractivity contribution in [1.82, 2.24) is 0 Å². The second-order valence-corrected chi connectivity index (χ2v) is 0.789. The molecular weight excluding hydrogens is 100 g/mol. The van der Waals surface area contributed by atoms with Gasteiger partial charge in [0.15, 0.2) is 0 Å². The summed E-state index contributed by atoms with van der Waals surface area (Å²) in [6.07, 6.45) is 1.00. The Balaban J connectivity index is -0.0000000400. The van der Waals surface area contributed by atoms with Gasteiger partial charge in [0.25, 0.3) is 0 Å². The Morgan fingerprint density at radius 2 is 1.43 bits per heavy atom. The predicted molar refractivity (Wildman–Crippen MR) is 31.9 cm³/mol. The summed E-state index contributed by atoms with van der Waals surface area (Å²) >= 11 is 0. The third-order valence-electron chi connectivity index (χ3n) is 0. The van der Waals surface area contributed by atoms with Gasteiger partial charge in [-0.25, -0.2) is 0 Å². The molecule has 0 amide bonds. The molecule has 0 spiro atoms. The van der Waals surface area contributed by atoms with Crippen LogP contribution in [-0.2, 0) is 0 Å². The molecule has 7 heavy (non-hydrogen) atoms. The van der Waals surface area contributed by atoms with Crippen molar-refractivity contribution in [3.05, 3.63) is 6.92 Å². The van der Waals surface area contributed by atoms with Crippen LogP contribution < -0.4 is 5.11 Å². The fraction of sp³-hybridized carbons (Fsp3) is 0.800. The topological polar surface area (TPSA) is 23.1 Å². The quantitative estimate of drug-likeness (QED) is 0.325. The van der Waals surface area contributed by atoms with Crippen LogP contribution in [0.2, 0.25) is 0 Å². The molecule has 0 atom stereocenters.